The van der Waals surface area contributed by atoms with Gasteiger partial charge in [-0.15, -0.1) is 0 Å². The van der Waals surface area contributed by atoms with Crippen LogP contribution in [0.15, 0.2) is 29.3 Å². The predicted octanol–water partition coefficient (Wildman–Crippen LogP) is 4.14. The highest BCUT2D eigenvalue weighted by atomic mass is 35.5. The van der Waals surface area contributed by atoms with Gasteiger partial charge in [0.05, 0.1) is 33.6 Å². The minimum absolute atomic E-state index is 0.138. The van der Waals surface area contributed by atoms with Gasteiger partial charge >= 0.3 is 0 Å². The molecule has 1 aromatic carbocycles. The Morgan fingerprint density at radius 1 is 1.14 bits per heavy atom. The molecule has 3 N–H and O–H groups in total. The van der Waals surface area contributed by atoms with Crippen molar-refractivity contribution in [1.82, 2.24) is 19.9 Å². The van der Waals surface area contributed by atoms with E-state index in [1.165, 1.54) is 6.20 Å². The van der Waals surface area contributed by atoms with Crippen molar-refractivity contribution in [1.29, 1.82) is 5.26 Å². The lowest BCUT2D eigenvalue weighted by Crippen LogP contribution is -2.12. The number of fused-ring (bicyclic) bond motifs is 1. The van der Waals surface area contributed by atoms with E-state index in [0.29, 0.717) is 44.8 Å². The van der Waals surface area contributed by atoms with Crippen LogP contribution in [0.2, 0.25) is 5.02 Å². The molecule has 0 aliphatic heterocycles. The molecule has 0 radical (unpaired) electrons. The summed E-state index contributed by atoms with van der Waals surface area (Å²) < 4.78 is 0. The van der Waals surface area contributed by atoms with Crippen LogP contribution in [0.4, 0.5) is 0 Å². The number of nitrogens with zero attached hydrogens (tertiary/aromatic N) is 3. The second-order valence-electron chi connectivity index (χ2n) is 6.81. The maximum Gasteiger partial charge on any atom is 0.269 e. The van der Waals surface area contributed by atoms with Crippen LogP contribution < -0.4 is 5.56 Å². The van der Waals surface area contributed by atoms with E-state index in [2.05, 4.69) is 26.0 Å². The molecule has 7 nitrogen and oxygen atoms in total. The molecule has 0 fully saturated rings. The van der Waals surface area contributed by atoms with Crippen LogP contribution >= 0.6 is 11.6 Å². The fraction of sp³-hybridized carbons (Fsp3) is 0.143. The number of halogens is 1. The summed E-state index contributed by atoms with van der Waals surface area (Å²) in [6.45, 7) is 5.30. The zero-order chi connectivity index (χ0) is 20.9. The Morgan fingerprint density at radius 2 is 1.90 bits per heavy atom. The Kier molecular flexibility index (Phi) is 4.36. The number of hydrogen-bond acceptors (Lipinski definition) is 5. The zero-order valence-electron chi connectivity index (χ0n) is 15.9. The minimum Gasteiger partial charge on any atom is -0.508 e. The maximum atomic E-state index is 11.9. The van der Waals surface area contributed by atoms with Gasteiger partial charge in [-0.1, -0.05) is 17.7 Å². The van der Waals surface area contributed by atoms with Crippen LogP contribution in [-0.4, -0.2) is 25.0 Å². The average molecular weight is 406 g/mol. The number of phenolic OH excluding ortho intramolecular Hbond substituents is 1. The van der Waals surface area contributed by atoms with Gasteiger partial charge in [0, 0.05) is 11.8 Å². The number of benzene rings is 1. The van der Waals surface area contributed by atoms with Crippen LogP contribution in [0.1, 0.15) is 22.4 Å². The Morgan fingerprint density at radius 3 is 2.59 bits per heavy atom. The summed E-state index contributed by atoms with van der Waals surface area (Å²) in [6.07, 6.45) is 3.09. The topological polar surface area (TPSA) is 118 Å². The quantitative estimate of drug-likeness (QED) is 0.463. The highest BCUT2D eigenvalue weighted by molar-refractivity contribution is 6.38. The standard InChI is InChI=1S/C21H16ClN5O2/c1-9-4-5-15(28)10(2)16(9)13-7-25-20-17(12(13)6-23)18(22)19(27-20)14-8-24-11(3)21(29)26-14/h4-5,7-8,28H,1-3H3,(H,25,27)(H,26,29). The van der Waals surface area contributed by atoms with Crippen LogP contribution in [0.25, 0.3) is 33.5 Å². The van der Waals surface area contributed by atoms with E-state index in [0.717, 1.165) is 11.1 Å². The Bertz CT molecular complexity index is 1400. The fourth-order valence-electron chi connectivity index (χ4n) is 3.45. The number of nitriles is 1. The number of aromatic amines is 2. The number of nitrogens with one attached hydrogen (secondary N) is 2. The van der Waals surface area contributed by atoms with Gasteiger partial charge in [-0.25, -0.2) is 4.98 Å². The molecule has 29 heavy (non-hydrogen) atoms. The minimum atomic E-state index is -0.322. The molecule has 0 saturated carbocycles. The highest BCUT2D eigenvalue weighted by Gasteiger charge is 2.22. The zero-order valence-corrected chi connectivity index (χ0v) is 16.6. The molecule has 0 bridgehead atoms. The van der Waals surface area contributed by atoms with E-state index in [1.54, 1.807) is 32.2 Å². The number of aromatic nitrogens is 4. The number of hydrogen-bond donors (Lipinski definition) is 3. The van der Waals surface area contributed by atoms with Crippen LogP contribution in [0.3, 0.4) is 0 Å². The van der Waals surface area contributed by atoms with Crippen molar-refractivity contribution in [2.45, 2.75) is 20.8 Å². The van der Waals surface area contributed by atoms with E-state index in [1.807, 2.05) is 6.92 Å². The van der Waals surface area contributed by atoms with E-state index < -0.39 is 0 Å². The number of phenols is 1. The van der Waals surface area contributed by atoms with E-state index in [9.17, 15) is 15.2 Å². The Labute approximate surface area is 170 Å². The molecule has 0 aliphatic carbocycles. The lowest BCUT2D eigenvalue weighted by atomic mass is 9.92. The summed E-state index contributed by atoms with van der Waals surface area (Å²) in [6, 6.07) is 5.63. The molecule has 0 saturated heterocycles. The molecule has 4 aromatic rings. The number of aryl methyl sites for hydroxylation is 2. The molecule has 3 aromatic heterocycles. The average Bonchev–Trinajstić information content (AvgIpc) is 3.04. The van der Waals surface area contributed by atoms with Crippen molar-refractivity contribution in [3.63, 3.8) is 0 Å². The van der Waals surface area contributed by atoms with Gasteiger partial charge in [0.25, 0.3) is 5.56 Å². The van der Waals surface area contributed by atoms with Gasteiger partial charge in [0.15, 0.2) is 0 Å². The van der Waals surface area contributed by atoms with Crippen molar-refractivity contribution in [2.75, 3.05) is 0 Å². The van der Waals surface area contributed by atoms with Crippen molar-refractivity contribution in [3.05, 3.63) is 62.3 Å². The maximum absolute atomic E-state index is 11.9. The van der Waals surface area contributed by atoms with Crippen molar-refractivity contribution in [3.8, 4) is 34.3 Å². The van der Waals surface area contributed by atoms with Gasteiger partial charge in [0.1, 0.15) is 23.2 Å². The number of pyridine rings is 1. The van der Waals surface area contributed by atoms with Crippen molar-refractivity contribution < 1.29 is 5.11 Å². The van der Waals surface area contributed by atoms with Gasteiger partial charge < -0.3 is 15.1 Å². The van der Waals surface area contributed by atoms with Crippen molar-refractivity contribution in [2.24, 2.45) is 0 Å². The molecular formula is C21H16ClN5O2. The van der Waals surface area contributed by atoms with Crippen LogP contribution in [0, 0.1) is 32.1 Å². The smallest absolute Gasteiger partial charge is 0.269 e. The fourth-order valence-corrected chi connectivity index (χ4v) is 3.78. The summed E-state index contributed by atoms with van der Waals surface area (Å²) in [5.41, 5.74) is 4.47. The van der Waals surface area contributed by atoms with Gasteiger partial charge in [0.2, 0.25) is 0 Å². The van der Waals surface area contributed by atoms with Crippen molar-refractivity contribution >= 4 is 22.6 Å². The summed E-state index contributed by atoms with van der Waals surface area (Å²) >= 11 is 6.62. The largest absolute Gasteiger partial charge is 0.508 e. The molecular weight excluding hydrogens is 390 g/mol. The molecule has 8 heteroatoms. The molecule has 0 aliphatic rings. The van der Waals surface area contributed by atoms with E-state index in [-0.39, 0.29) is 16.3 Å². The SMILES string of the molecule is Cc1ccc(O)c(C)c1-c1cnc2[nH]c(-c3cnc(C)c(=O)[nH]3)c(Cl)c2c1C#N. The van der Waals surface area contributed by atoms with E-state index in [4.69, 9.17) is 11.6 Å². The summed E-state index contributed by atoms with van der Waals surface area (Å²) in [4.78, 5) is 26.2. The van der Waals surface area contributed by atoms with Gasteiger partial charge in [-0.05, 0) is 43.5 Å². The normalized spacial score (nSPS) is 11.0. The van der Waals surface area contributed by atoms with Crippen LogP contribution in [-0.2, 0) is 0 Å². The van der Waals surface area contributed by atoms with Gasteiger partial charge in [-0.2, -0.15) is 5.26 Å². The molecule has 4 rings (SSSR count). The molecule has 0 spiro atoms. The number of aromatic hydroxyl groups is 1. The second-order valence-corrected chi connectivity index (χ2v) is 7.19. The number of H-pyrrole nitrogens is 2. The van der Waals surface area contributed by atoms with Crippen LogP contribution in [0.5, 0.6) is 5.75 Å². The first-order chi connectivity index (χ1) is 13.8. The second kappa shape index (κ2) is 6.76. The number of rotatable bonds is 2. The third-order valence-electron chi connectivity index (χ3n) is 5.02. The Hall–Kier alpha value is -3.63. The summed E-state index contributed by atoms with van der Waals surface area (Å²) in [7, 11) is 0. The van der Waals surface area contributed by atoms with E-state index >= 15 is 0 Å². The molecule has 0 atom stereocenters. The summed E-state index contributed by atoms with van der Waals surface area (Å²) in [5, 5.41) is 20.8. The lowest BCUT2D eigenvalue weighted by Gasteiger charge is -2.13. The summed E-state index contributed by atoms with van der Waals surface area (Å²) in [5.74, 6) is 0.138. The highest BCUT2D eigenvalue weighted by Crippen LogP contribution is 2.40. The third kappa shape index (κ3) is 2.85. The first-order valence-electron chi connectivity index (χ1n) is 8.79. The third-order valence-corrected chi connectivity index (χ3v) is 5.40. The molecule has 0 amide bonds. The Balaban J connectivity index is 2.04. The van der Waals surface area contributed by atoms with Gasteiger partial charge in [-0.3, -0.25) is 9.78 Å². The molecule has 144 valence electrons. The lowest BCUT2D eigenvalue weighted by molar-refractivity contribution is 0.471. The predicted molar refractivity (Wildman–Crippen MR) is 111 cm³/mol. The molecule has 0 unspecified atom stereocenters. The first kappa shape index (κ1) is 18.7. The molecule has 3 heterocycles. The monoisotopic (exact) mass is 405 g/mol. The first-order valence-corrected chi connectivity index (χ1v) is 9.17.